The Labute approximate surface area is 220 Å². The Morgan fingerprint density at radius 3 is 2.55 bits per heavy atom. The fourth-order valence-corrected chi connectivity index (χ4v) is 6.10. The summed E-state index contributed by atoms with van der Waals surface area (Å²) >= 11 is 0. The van der Waals surface area contributed by atoms with Gasteiger partial charge >= 0.3 is 0 Å². The maximum atomic E-state index is 13.2. The van der Waals surface area contributed by atoms with E-state index in [2.05, 4.69) is 10.0 Å². The van der Waals surface area contributed by atoms with Crippen LogP contribution in [0, 0.1) is 5.82 Å². The number of benzene rings is 3. The van der Waals surface area contributed by atoms with Gasteiger partial charge in [0.1, 0.15) is 23.8 Å². The molecule has 2 aliphatic rings. The average molecular weight is 541 g/mol. The number of carbonyl (C=O) groups is 1. The summed E-state index contributed by atoms with van der Waals surface area (Å²) in [5, 5.41) is 12.9. The molecule has 0 radical (unpaired) electrons. The summed E-state index contributed by atoms with van der Waals surface area (Å²) in [6.07, 6.45) is -0.159. The molecule has 0 aliphatic carbocycles. The van der Waals surface area contributed by atoms with Crippen molar-refractivity contribution >= 4 is 21.6 Å². The lowest BCUT2D eigenvalue weighted by Crippen LogP contribution is -2.47. The van der Waals surface area contributed by atoms with Gasteiger partial charge in [-0.2, -0.15) is 0 Å². The molecule has 1 fully saturated rings. The Bertz CT molecular complexity index is 1380. The standard InChI is InChI=1S/C28H29FN2O6S/c29-19-6-9-22(10-7-19)38(34,35)31-20-8-11-25-23(14-20)24-15-21(36-26(17-32)28(24)37-25)16-27(33)30-13-12-18-4-2-1-3-5-18/h1-11,14,21,24,26,28,31-32H,12-13,15-17H2,(H,30,33)/t21-,24-,26-,28+/m1/s1. The van der Waals surface area contributed by atoms with Crippen LogP contribution in [0.1, 0.15) is 29.9 Å². The maximum Gasteiger partial charge on any atom is 0.261 e. The molecule has 5 rings (SSSR count). The number of sulfonamides is 1. The van der Waals surface area contributed by atoms with Crippen LogP contribution in [0.5, 0.6) is 5.75 Å². The number of aliphatic hydroxyl groups is 1. The van der Waals surface area contributed by atoms with Crippen LogP contribution in [0.2, 0.25) is 0 Å². The molecule has 10 heteroatoms. The smallest absolute Gasteiger partial charge is 0.261 e. The van der Waals surface area contributed by atoms with Crippen molar-refractivity contribution < 1.29 is 32.2 Å². The van der Waals surface area contributed by atoms with Gasteiger partial charge in [0, 0.05) is 23.7 Å². The van der Waals surface area contributed by atoms with Gasteiger partial charge in [-0.1, -0.05) is 30.3 Å². The molecule has 3 N–H and O–H groups in total. The summed E-state index contributed by atoms with van der Waals surface area (Å²) in [6, 6.07) is 19.4. The Hall–Kier alpha value is -3.47. The SMILES string of the molecule is O=C(C[C@H]1C[C@@H]2c3cc(NS(=O)(=O)c4ccc(F)cc4)ccc3O[C@@H]2[C@@H](CO)O1)NCCc1ccccc1. The number of rotatable bonds is 9. The van der Waals surface area contributed by atoms with Crippen molar-refractivity contribution in [3.63, 3.8) is 0 Å². The van der Waals surface area contributed by atoms with E-state index in [1.54, 1.807) is 18.2 Å². The minimum absolute atomic E-state index is 0.0572. The number of carbonyl (C=O) groups excluding carboxylic acids is 1. The highest BCUT2D eigenvalue weighted by Gasteiger charge is 2.46. The van der Waals surface area contributed by atoms with Crippen LogP contribution in [0.25, 0.3) is 0 Å². The zero-order valence-electron chi connectivity index (χ0n) is 20.5. The van der Waals surface area contributed by atoms with Crippen LogP contribution in [-0.4, -0.2) is 50.9 Å². The lowest BCUT2D eigenvalue weighted by Gasteiger charge is -2.37. The van der Waals surface area contributed by atoms with Gasteiger partial charge in [-0.25, -0.2) is 12.8 Å². The Balaban J connectivity index is 1.26. The minimum atomic E-state index is -3.92. The van der Waals surface area contributed by atoms with Crippen molar-refractivity contribution in [1.29, 1.82) is 0 Å². The number of amides is 1. The van der Waals surface area contributed by atoms with E-state index in [4.69, 9.17) is 9.47 Å². The number of hydrogen-bond acceptors (Lipinski definition) is 6. The normalized spacial score (nSPS) is 22.2. The second-order valence-electron chi connectivity index (χ2n) is 9.51. The molecule has 3 aromatic rings. The summed E-state index contributed by atoms with van der Waals surface area (Å²) in [4.78, 5) is 12.6. The Morgan fingerprint density at radius 1 is 1.05 bits per heavy atom. The molecule has 2 heterocycles. The zero-order chi connectivity index (χ0) is 26.7. The quantitative estimate of drug-likeness (QED) is 0.384. The first-order valence-corrected chi connectivity index (χ1v) is 14.0. The average Bonchev–Trinajstić information content (AvgIpc) is 3.27. The number of aliphatic hydroxyl groups excluding tert-OH is 1. The highest BCUT2D eigenvalue weighted by atomic mass is 32.2. The third kappa shape index (κ3) is 5.82. The van der Waals surface area contributed by atoms with Gasteiger partial charge in [0.2, 0.25) is 5.91 Å². The first-order valence-electron chi connectivity index (χ1n) is 12.5. The lowest BCUT2D eigenvalue weighted by molar-refractivity contribution is -0.142. The van der Waals surface area contributed by atoms with Crippen LogP contribution in [0.3, 0.4) is 0 Å². The summed E-state index contributed by atoms with van der Waals surface area (Å²) in [5.74, 6) is -0.267. The number of fused-ring (bicyclic) bond motifs is 3. The van der Waals surface area contributed by atoms with E-state index >= 15 is 0 Å². The fourth-order valence-electron chi connectivity index (χ4n) is 5.05. The summed E-state index contributed by atoms with van der Waals surface area (Å²) in [5.41, 5.74) is 2.25. The molecule has 0 unspecified atom stereocenters. The molecule has 3 aromatic carbocycles. The molecule has 1 amide bonds. The molecule has 4 atom stereocenters. The van der Waals surface area contributed by atoms with Crippen LogP contribution in [0.4, 0.5) is 10.1 Å². The van der Waals surface area contributed by atoms with E-state index in [-0.39, 0.29) is 29.7 Å². The molecular weight excluding hydrogens is 511 g/mol. The van der Waals surface area contributed by atoms with Gasteiger partial charge in [0.15, 0.2) is 0 Å². The van der Waals surface area contributed by atoms with Crippen molar-refractivity contribution in [1.82, 2.24) is 5.32 Å². The van der Waals surface area contributed by atoms with Crippen molar-refractivity contribution in [2.24, 2.45) is 0 Å². The van der Waals surface area contributed by atoms with Gasteiger partial charge in [-0.3, -0.25) is 9.52 Å². The monoisotopic (exact) mass is 540 g/mol. The molecule has 1 saturated heterocycles. The Morgan fingerprint density at radius 2 is 1.82 bits per heavy atom. The number of halogens is 1. The molecule has 0 spiro atoms. The molecule has 0 saturated carbocycles. The van der Waals surface area contributed by atoms with Gasteiger partial charge in [0.05, 0.1) is 24.0 Å². The third-order valence-corrected chi connectivity index (χ3v) is 8.26. The summed E-state index contributed by atoms with van der Waals surface area (Å²) < 4.78 is 53.4. The van der Waals surface area contributed by atoms with Gasteiger partial charge in [-0.05, 0) is 60.9 Å². The third-order valence-electron chi connectivity index (χ3n) is 6.87. The highest BCUT2D eigenvalue weighted by molar-refractivity contribution is 7.92. The molecule has 200 valence electrons. The van der Waals surface area contributed by atoms with Crippen molar-refractivity contribution in [3.8, 4) is 5.75 Å². The number of ether oxygens (including phenoxy) is 2. The van der Waals surface area contributed by atoms with E-state index in [1.807, 2.05) is 30.3 Å². The number of anilines is 1. The van der Waals surface area contributed by atoms with E-state index in [0.29, 0.717) is 24.4 Å². The van der Waals surface area contributed by atoms with Gasteiger partial charge in [-0.15, -0.1) is 0 Å². The maximum absolute atomic E-state index is 13.2. The topological polar surface area (TPSA) is 114 Å². The summed E-state index contributed by atoms with van der Waals surface area (Å²) in [7, 11) is -3.92. The molecule has 38 heavy (non-hydrogen) atoms. The largest absolute Gasteiger partial charge is 0.487 e. The molecule has 2 aliphatic heterocycles. The lowest BCUT2D eigenvalue weighted by atomic mass is 9.84. The van der Waals surface area contributed by atoms with Gasteiger partial charge in [0.25, 0.3) is 10.0 Å². The van der Waals surface area contributed by atoms with Crippen molar-refractivity contribution in [3.05, 3.63) is 89.7 Å². The van der Waals surface area contributed by atoms with E-state index in [1.165, 1.54) is 12.1 Å². The van der Waals surface area contributed by atoms with Crippen molar-refractivity contribution in [2.45, 2.75) is 48.4 Å². The van der Waals surface area contributed by atoms with Crippen LogP contribution < -0.4 is 14.8 Å². The Kier molecular flexibility index (Phi) is 7.64. The molecule has 0 aromatic heterocycles. The van der Waals surface area contributed by atoms with Crippen LogP contribution in [0.15, 0.2) is 77.7 Å². The molecular formula is C28H29FN2O6S. The van der Waals surface area contributed by atoms with Gasteiger partial charge < -0.3 is 19.9 Å². The number of nitrogens with one attached hydrogen (secondary N) is 2. The second kappa shape index (κ2) is 11.1. The van der Waals surface area contributed by atoms with E-state index in [0.717, 1.165) is 29.7 Å². The van der Waals surface area contributed by atoms with E-state index in [9.17, 15) is 22.7 Å². The fraction of sp³-hybridized carbons (Fsp3) is 0.321. The highest BCUT2D eigenvalue weighted by Crippen LogP contribution is 2.47. The number of hydrogen-bond donors (Lipinski definition) is 3. The first-order chi connectivity index (χ1) is 18.3. The van der Waals surface area contributed by atoms with Crippen LogP contribution >= 0.6 is 0 Å². The molecule has 0 bridgehead atoms. The van der Waals surface area contributed by atoms with Crippen molar-refractivity contribution in [2.75, 3.05) is 17.9 Å². The first kappa shape index (κ1) is 26.1. The second-order valence-corrected chi connectivity index (χ2v) is 11.2. The zero-order valence-corrected chi connectivity index (χ0v) is 21.4. The predicted octanol–water partition coefficient (Wildman–Crippen LogP) is 3.37. The minimum Gasteiger partial charge on any atom is -0.487 e. The summed E-state index contributed by atoms with van der Waals surface area (Å²) in [6.45, 7) is 0.236. The van der Waals surface area contributed by atoms with Crippen LogP contribution in [-0.2, 0) is 26.0 Å². The van der Waals surface area contributed by atoms with E-state index < -0.39 is 34.2 Å². The molecule has 8 nitrogen and oxygen atoms in total. The predicted molar refractivity (Wildman–Crippen MR) is 139 cm³/mol.